The first kappa shape index (κ1) is 20.9. The molecule has 1 atom stereocenters. The Morgan fingerprint density at radius 2 is 2.30 bits per heavy atom. The van der Waals surface area contributed by atoms with Gasteiger partial charge in [-0.3, -0.25) is 19.9 Å². The number of carbonyl (C=O) groups excluding carboxylic acids is 1. The summed E-state index contributed by atoms with van der Waals surface area (Å²) < 4.78 is 7.27. The highest BCUT2D eigenvalue weighted by Crippen LogP contribution is 2.25. The standard InChI is InChI=1S/C20H23ClN6O2S/c1-11-5-6-13(21)8-15(11)27-18(22)17-12(2)25-26-19(17)24-20(27)30-10-16(28)23-9-14-4-3-7-29-14/h5-6,8,14,22H,3-4,7,9-10H2,1-2H3,(H,23,28)(H,25,26). The average Bonchev–Trinajstić information content (AvgIpc) is 3.37. The summed E-state index contributed by atoms with van der Waals surface area (Å²) in [4.78, 5) is 17.0. The third-order valence-electron chi connectivity index (χ3n) is 5.08. The van der Waals surface area contributed by atoms with Crippen molar-refractivity contribution < 1.29 is 9.53 Å². The van der Waals surface area contributed by atoms with Gasteiger partial charge in [-0.25, -0.2) is 4.98 Å². The fourth-order valence-corrected chi connectivity index (χ4v) is 4.49. The minimum Gasteiger partial charge on any atom is -0.376 e. The Morgan fingerprint density at radius 3 is 3.07 bits per heavy atom. The lowest BCUT2D eigenvalue weighted by atomic mass is 10.2. The first-order chi connectivity index (χ1) is 14.4. The van der Waals surface area contributed by atoms with Crippen LogP contribution in [-0.2, 0) is 9.53 Å². The lowest BCUT2D eigenvalue weighted by Gasteiger charge is -2.16. The van der Waals surface area contributed by atoms with Gasteiger partial charge < -0.3 is 10.1 Å². The predicted octanol–water partition coefficient (Wildman–Crippen LogP) is 2.89. The Hall–Kier alpha value is -2.36. The smallest absolute Gasteiger partial charge is 0.230 e. The van der Waals surface area contributed by atoms with Gasteiger partial charge in [-0.1, -0.05) is 29.4 Å². The molecule has 8 nitrogen and oxygen atoms in total. The van der Waals surface area contributed by atoms with Crippen LogP contribution in [0, 0.1) is 19.3 Å². The summed E-state index contributed by atoms with van der Waals surface area (Å²) in [6.07, 6.45) is 2.10. The van der Waals surface area contributed by atoms with Crippen LogP contribution in [-0.4, -0.2) is 50.7 Å². The highest BCUT2D eigenvalue weighted by Gasteiger charge is 2.19. The van der Waals surface area contributed by atoms with Crippen molar-refractivity contribution in [3.05, 3.63) is 40.0 Å². The number of halogens is 1. The van der Waals surface area contributed by atoms with Crippen molar-refractivity contribution in [2.24, 2.45) is 0 Å². The van der Waals surface area contributed by atoms with E-state index in [4.69, 9.17) is 21.7 Å². The van der Waals surface area contributed by atoms with E-state index in [0.717, 1.165) is 36.4 Å². The number of rotatable bonds is 6. The second-order valence-corrected chi connectivity index (χ2v) is 8.66. The van der Waals surface area contributed by atoms with Gasteiger partial charge in [0.15, 0.2) is 10.8 Å². The number of aryl methyl sites for hydroxylation is 2. The van der Waals surface area contributed by atoms with E-state index in [1.165, 1.54) is 11.8 Å². The van der Waals surface area contributed by atoms with Gasteiger partial charge in [0.1, 0.15) is 5.49 Å². The fraction of sp³-hybridized carbons (Fsp3) is 0.400. The van der Waals surface area contributed by atoms with Crippen LogP contribution in [0.5, 0.6) is 0 Å². The number of thioether (sulfide) groups is 1. The highest BCUT2D eigenvalue weighted by molar-refractivity contribution is 7.99. The maximum atomic E-state index is 12.4. The van der Waals surface area contributed by atoms with Crippen molar-refractivity contribution in [3.8, 4) is 5.69 Å². The number of fused-ring (bicyclic) bond motifs is 1. The van der Waals surface area contributed by atoms with Gasteiger partial charge in [-0.15, -0.1) is 0 Å². The molecule has 3 aromatic rings. The predicted molar refractivity (Wildman–Crippen MR) is 116 cm³/mol. The molecule has 1 aliphatic rings. The Bertz CT molecular complexity index is 1150. The molecular weight excluding hydrogens is 424 g/mol. The van der Waals surface area contributed by atoms with Crippen LogP contribution in [0.15, 0.2) is 23.4 Å². The molecule has 0 aliphatic carbocycles. The lowest BCUT2D eigenvalue weighted by Crippen LogP contribution is -2.33. The average molecular weight is 447 g/mol. The van der Waals surface area contributed by atoms with E-state index in [-0.39, 0.29) is 23.3 Å². The third-order valence-corrected chi connectivity index (χ3v) is 6.25. The number of nitrogens with zero attached hydrogens (tertiary/aromatic N) is 3. The molecule has 1 saturated heterocycles. The summed E-state index contributed by atoms with van der Waals surface area (Å²) in [5.74, 6) is 0.0738. The number of ether oxygens (including phenoxy) is 1. The van der Waals surface area contributed by atoms with Gasteiger partial charge in [0.25, 0.3) is 0 Å². The highest BCUT2D eigenvalue weighted by atomic mass is 35.5. The largest absolute Gasteiger partial charge is 0.376 e. The number of aromatic amines is 1. The molecule has 158 valence electrons. The van der Waals surface area contributed by atoms with Crippen molar-refractivity contribution in [1.82, 2.24) is 25.1 Å². The number of H-pyrrole nitrogens is 1. The summed E-state index contributed by atoms with van der Waals surface area (Å²) >= 11 is 7.50. The van der Waals surface area contributed by atoms with Crippen molar-refractivity contribution in [1.29, 1.82) is 5.41 Å². The Balaban J connectivity index is 1.65. The van der Waals surface area contributed by atoms with E-state index >= 15 is 0 Å². The van der Waals surface area contributed by atoms with E-state index in [1.54, 1.807) is 10.6 Å². The van der Waals surface area contributed by atoms with Crippen LogP contribution in [0.25, 0.3) is 16.7 Å². The lowest BCUT2D eigenvalue weighted by molar-refractivity contribution is -0.119. The Morgan fingerprint density at radius 1 is 1.47 bits per heavy atom. The molecule has 2 aromatic heterocycles. The number of nitrogens with one attached hydrogen (secondary N) is 3. The van der Waals surface area contributed by atoms with E-state index in [9.17, 15) is 4.79 Å². The van der Waals surface area contributed by atoms with Gasteiger partial charge in [-0.05, 0) is 44.4 Å². The van der Waals surface area contributed by atoms with Crippen LogP contribution in [0.1, 0.15) is 24.1 Å². The molecule has 3 heterocycles. The molecule has 0 bridgehead atoms. The molecule has 0 spiro atoms. The van der Waals surface area contributed by atoms with Gasteiger partial charge >= 0.3 is 0 Å². The second-order valence-electron chi connectivity index (χ2n) is 7.28. The van der Waals surface area contributed by atoms with Gasteiger partial charge in [0, 0.05) is 23.9 Å². The zero-order valence-corrected chi connectivity index (χ0v) is 18.4. The normalized spacial score (nSPS) is 16.3. The van der Waals surface area contributed by atoms with E-state index in [2.05, 4.69) is 20.5 Å². The molecule has 1 aromatic carbocycles. The minimum atomic E-state index is -0.100. The van der Waals surface area contributed by atoms with E-state index < -0.39 is 0 Å². The molecule has 0 radical (unpaired) electrons. The summed E-state index contributed by atoms with van der Waals surface area (Å²) in [6.45, 7) is 5.08. The topological polar surface area (TPSA) is 109 Å². The van der Waals surface area contributed by atoms with Crippen LogP contribution in [0.2, 0.25) is 5.02 Å². The number of carbonyl (C=O) groups is 1. The van der Waals surface area contributed by atoms with E-state index in [0.29, 0.717) is 27.8 Å². The maximum Gasteiger partial charge on any atom is 0.230 e. The molecule has 1 aliphatic heterocycles. The first-order valence-corrected chi connectivity index (χ1v) is 11.1. The Labute approximate surface area is 182 Å². The van der Waals surface area contributed by atoms with Crippen LogP contribution in [0.3, 0.4) is 0 Å². The van der Waals surface area contributed by atoms with E-state index in [1.807, 2.05) is 26.0 Å². The Kier molecular flexibility index (Phi) is 6.12. The number of benzene rings is 1. The van der Waals surface area contributed by atoms with Crippen molar-refractivity contribution in [2.75, 3.05) is 18.9 Å². The molecule has 1 fully saturated rings. The molecular formula is C20H23ClN6O2S. The van der Waals surface area contributed by atoms with Gasteiger partial charge in [0.05, 0.1) is 22.9 Å². The zero-order valence-electron chi connectivity index (χ0n) is 16.8. The monoisotopic (exact) mass is 446 g/mol. The summed E-state index contributed by atoms with van der Waals surface area (Å²) in [6, 6.07) is 5.52. The molecule has 1 unspecified atom stereocenters. The zero-order chi connectivity index (χ0) is 21.3. The molecule has 10 heteroatoms. The number of amides is 1. The molecule has 1 amide bonds. The SMILES string of the molecule is Cc1ccc(Cl)cc1-n1c(SCC(=O)NCC2CCCO2)nc2n[nH]c(C)c2c1=N. The minimum absolute atomic E-state index is 0.0966. The van der Waals surface area contributed by atoms with Gasteiger partial charge in [0.2, 0.25) is 5.91 Å². The van der Waals surface area contributed by atoms with Crippen LogP contribution < -0.4 is 10.8 Å². The molecule has 3 N–H and O–H groups in total. The van der Waals surface area contributed by atoms with Crippen molar-refractivity contribution in [2.45, 2.75) is 37.9 Å². The summed E-state index contributed by atoms with van der Waals surface area (Å²) in [5, 5.41) is 20.5. The van der Waals surface area contributed by atoms with Crippen LogP contribution >= 0.6 is 23.4 Å². The first-order valence-electron chi connectivity index (χ1n) is 9.74. The van der Waals surface area contributed by atoms with Gasteiger partial charge in [-0.2, -0.15) is 5.10 Å². The van der Waals surface area contributed by atoms with Crippen molar-refractivity contribution in [3.63, 3.8) is 0 Å². The molecule has 4 rings (SSSR count). The van der Waals surface area contributed by atoms with Crippen LogP contribution in [0.4, 0.5) is 0 Å². The third kappa shape index (κ3) is 4.23. The summed E-state index contributed by atoms with van der Waals surface area (Å²) in [5.41, 5.74) is 3.17. The molecule has 30 heavy (non-hydrogen) atoms. The number of hydrogen-bond acceptors (Lipinski definition) is 6. The summed E-state index contributed by atoms with van der Waals surface area (Å²) in [7, 11) is 0. The van der Waals surface area contributed by atoms with Crippen molar-refractivity contribution >= 4 is 40.3 Å². The number of hydrogen-bond donors (Lipinski definition) is 3. The fourth-order valence-electron chi connectivity index (χ4n) is 3.49. The molecule has 0 saturated carbocycles. The number of aromatic nitrogens is 4. The maximum absolute atomic E-state index is 12.4. The quantitative estimate of drug-likeness (QED) is 0.398. The second kappa shape index (κ2) is 8.79.